The Kier molecular flexibility index (Phi) is 5.01. The highest BCUT2D eigenvalue weighted by Crippen LogP contribution is 2.14. The number of para-hydroxylation sites is 1. The maximum atomic E-state index is 8.94. The zero-order valence-corrected chi connectivity index (χ0v) is 13.1. The van der Waals surface area contributed by atoms with E-state index in [1.54, 1.807) is 12.1 Å². The Labute approximate surface area is 141 Å². The molecule has 0 heterocycles. The monoisotopic (exact) mass is 312 g/mol. The number of rotatable bonds is 4. The molecule has 3 heteroatoms. The predicted octanol–water partition coefficient (Wildman–Crippen LogP) is 4.58. The largest absolute Gasteiger partial charge is 0.439 e. The van der Waals surface area contributed by atoms with Crippen LogP contribution in [-0.2, 0) is 6.54 Å². The fourth-order valence-corrected chi connectivity index (χ4v) is 2.22. The highest BCUT2D eigenvalue weighted by Gasteiger charge is 2.07. The van der Waals surface area contributed by atoms with E-state index >= 15 is 0 Å². The van der Waals surface area contributed by atoms with Crippen LogP contribution in [0.15, 0.2) is 89.9 Å². The van der Waals surface area contributed by atoms with E-state index in [0.29, 0.717) is 18.0 Å². The molecule has 3 aromatic rings. The number of hydrogen-bond donors (Lipinski definition) is 0. The first-order valence-corrected chi connectivity index (χ1v) is 7.67. The Morgan fingerprint density at radius 2 is 1.46 bits per heavy atom. The summed E-state index contributed by atoms with van der Waals surface area (Å²) in [6.07, 6.45) is 0. The third-order valence-electron chi connectivity index (χ3n) is 3.47. The smallest absolute Gasteiger partial charge is 0.222 e. The molecule has 0 fully saturated rings. The lowest BCUT2D eigenvalue weighted by Gasteiger charge is -2.10. The summed E-state index contributed by atoms with van der Waals surface area (Å²) in [4.78, 5) is 4.63. The molecule has 0 aliphatic carbocycles. The molecular formula is C21H16N2O. The summed E-state index contributed by atoms with van der Waals surface area (Å²) in [6, 6.07) is 28.9. The third kappa shape index (κ3) is 4.08. The number of hydrogen-bond acceptors (Lipinski definition) is 3. The van der Waals surface area contributed by atoms with Crippen molar-refractivity contribution >= 4 is 5.90 Å². The Morgan fingerprint density at radius 1 is 0.833 bits per heavy atom. The van der Waals surface area contributed by atoms with Gasteiger partial charge in [0, 0.05) is 5.56 Å². The van der Waals surface area contributed by atoms with E-state index in [1.165, 1.54) is 0 Å². The summed E-state index contributed by atoms with van der Waals surface area (Å²) < 4.78 is 5.96. The van der Waals surface area contributed by atoms with Crippen molar-refractivity contribution in [2.75, 3.05) is 0 Å². The average Bonchev–Trinajstić information content (AvgIpc) is 2.67. The molecule has 0 aromatic heterocycles. The fraction of sp³-hybridized carbons (Fsp3) is 0.0476. The lowest BCUT2D eigenvalue weighted by molar-refractivity contribution is 0.548. The molecule has 0 radical (unpaired) electrons. The van der Waals surface area contributed by atoms with Gasteiger partial charge in [0.25, 0.3) is 0 Å². The standard InChI is InChI=1S/C21H16N2O/c22-15-17-11-13-19(14-12-17)21(24-20-9-5-2-6-10-20)23-16-18-7-3-1-4-8-18/h1-14H,16H2. The number of nitriles is 1. The highest BCUT2D eigenvalue weighted by atomic mass is 16.5. The molecule has 24 heavy (non-hydrogen) atoms. The van der Waals surface area contributed by atoms with Gasteiger partial charge < -0.3 is 4.74 Å². The number of nitrogens with zero attached hydrogens (tertiary/aromatic N) is 2. The van der Waals surface area contributed by atoms with Crippen molar-refractivity contribution in [2.24, 2.45) is 4.99 Å². The highest BCUT2D eigenvalue weighted by molar-refractivity contribution is 5.95. The van der Waals surface area contributed by atoms with E-state index in [2.05, 4.69) is 11.1 Å². The molecule has 0 saturated carbocycles. The van der Waals surface area contributed by atoms with Gasteiger partial charge in [-0.1, -0.05) is 48.5 Å². The second-order valence-electron chi connectivity index (χ2n) is 5.21. The first-order chi connectivity index (χ1) is 11.8. The van der Waals surface area contributed by atoms with Gasteiger partial charge in [-0.05, 0) is 42.0 Å². The van der Waals surface area contributed by atoms with Crippen LogP contribution in [-0.4, -0.2) is 5.90 Å². The SMILES string of the molecule is N#Cc1ccc(C(=NCc2ccccc2)Oc2ccccc2)cc1. The van der Waals surface area contributed by atoms with E-state index in [4.69, 9.17) is 10.00 Å². The normalized spacial score (nSPS) is 10.9. The van der Waals surface area contributed by atoms with Gasteiger partial charge in [-0.15, -0.1) is 0 Å². The molecule has 0 N–H and O–H groups in total. The van der Waals surface area contributed by atoms with E-state index in [1.807, 2.05) is 72.8 Å². The lowest BCUT2D eigenvalue weighted by atomic mass is 10.1. The molecule has 0 spiro atoms. The van der Waals surface area contributed by atoms with Crippen molar-refractivity contribution in [2.45, 2.75) is 6.54 Å². The van der Waals surface area contributed by atoms with Crippen molar-refractivity contribution in [3.05, 3.63) is 102 Å². The minimum Gasteiger partial charge on any atom is -0.439 e. The van der Waals surface area contributed by atoms with Crippen LogP contribution in [0.2, 0.25) is 0 Å². The van der Waals surface area contributed by atoms with Crippen molar-refractivity contribution in [1.29, 1.82) is 5.26 Å². The molecule has 3 aromatic carbocycles. The van der Waals surface area contributed by atoms with Gasteiger partial charge in [-0.25, -0.2) is 4.99 Å². The summed E-state index contributed by atoms with van der Waals surface area (Å²) in [5.74, 6) is 1.27. The van der Waals surface area contributed by atoms with Gasteiger partial charge in [-0.2, -0.15) is 5.26 Å². The molecule has 0 aliphatic heterocycles. The van der Waals surface area contributed by atoms with Gasteiger partial charge in [-0.3, -0.25) is 0 Å². The van der Waals surface area contributed by atoms with Gasteiger partial charge >= 0.3 is 0 Å². The van der Waals surface area contributed by atoms with E-state index in [0.717, 1.165) is 16.9 Å². The van der Waals surface area contributed by atoms with Gasteiger partial charge in [0.15, 0.2) is 0 Å². The van der Waals surface area contributed by atoms with Crippen LogP contribution >= 0.6 is 0 Å². The van der Waals surface area contributed by atoms with Crippen LogP contribution in [0.25, 0.3) is 0 Å². The first-order valence-electron chi connectivity index (χ1n) is 7.67. The van der Waals surface area contributed by atoms with Crippen LogP contribution in [0.5, 0.6) is 5.75 Å². The van der Waals surface area contributed by atoms with Crippen LogP contribution in [0, 0.1) is 11.3 Å². The molecule has 0 bridgehead atoms. The fourth-order valence-electron chi connectivity index (χ4n) is 2.22. The molecule has 0 unspecified atom stereocenters. The first kappa shape index (κ1) is 15.5. The molecule has 0 amide bonds. The minimum absolute atomic E-state index is 0.531. The molecule has 3 rings (SSSR count). The van der Waals surface area contributed by atoms with Crippen LogP contribution in [0.1, 0.15) is 16.7 Å². The summed E-state index contributed by atoms with van der Waals surface area (Å²) >= 11 is 0. The summed E-state index contributed by atoms with van der Waals surface area (Å²) in [5.41, 5.74) is 2.56. The van der Waals surface area contributed by atoms with Gasteiger partial charge in [0.2, 0.25) is 5.90 Å². The average molecular weight is 312 g/mol. The quantitative estimate of drug-likeness (QED) is 0.522. The molecule has 0 atom stereocenters. The second-order valence-corrected chi connectivity index (χ2v) is 5.21. The Hall–Kier alpha value is -3.38. The van der Waals surface area contributed by atoms with Crippen LogP contribution < -0.4 is 4.74 Å². The van der Waals surface area contributed by atoms with Crippen LogP contribution in [0.3, 0.4) is 0 Å². The number of aliphatic imine (C=N–C) groups is 1. The van der Waals surface area contributed by atoms with Crippen molar-refractivity contribution in [3.8, 4) is 11.8 Å². The topological polar surface area (TPSA) is 45.4 Å². The Balaban J connectivity index is 1.89. The summed E-state index contributed by atoms with van der Waals surface area (Å²) in [7, 11) is 0. The zero-order valence-electron chi connectivity index (χ0n) is 13.1. The van der Waals surface area contributed by atoms with E-state index in [-0.39, 0.29) is 0 Å². The lowest BCUT2D eigenvalue weighted by Crippen LogP contribution is -2.11. The number of ether oxygens (including phenoxy) is 1. The van der Waals surface area contributed by atoms with Gasteiger partial charge in [0.1, 0.15) is 5.75 Å². The Bertz CT molecular complexity index is 848. The summed E-state index contributed by atoms with van der Waals surface area (Å²) in [5, 5.41) is 8.94. The molecule has 0 aliphatic rings. The van der Waals surface area contributed by atoms with E-state index < -0.39 is 0 Å². The van der Waals surface area contributed by atoms with E-state index in [9.17, 15) is 0 Å². The van der Waals surface area contributed by atoms with Gasteiger partial charge in [0.05, 0.1) is 18.2 Å². The maximum absolute atomic E-state index is 8.94. The van der Waals surface area contributed by atoms with Crippen molar-refractivity contribution in [3.63, 3.8) is 0 Å². The number of benzene rings is 3. The Morgan fingerprint density at radius 3 is 2.08 bits per heavy atom. The van der Waals surface area contributed by atoms with Crippen molar-refractivity contribution < 1.29 is 4.74 Å². The predicted molar refractivity (Wildman–Crippen MR) is 94.9 cm³/mol. The molecule has 3 nitrogen and oxygen atoms in total. The van der Waals surface area contributed by atoms with Crippen molar-refractivity contribution in [1.82, 2.24) is 0 Å². The molecule has 116 valence electrons. The van der Waals surface area contributed by atoms with Crippen LogP contribution in [0.4, 0.5) is 0 Å². The molecular weight excluding hydrogens is 296 g/mol. The molecule has 0 saturated heterocycles. The third-order valence-corrected chi connectivity index (χ3v) is 3.47. The maximum Gasteiger partial charge on any atom is 0.222 e. The minimum atomic E-state index is 0.531. The second kappa shape index (κ2) is 7.75. The summed E-state index contributed by atoms with van der Waals surface area (Å²) in [6.45, 7) is 0.531. The zero-order chi connectivity index (χ0) is 16.6.